The van der Waals surface area contributed by atoms with Gasteiger partial charge in [-0.25, -0.2) is 0 Å². The zero-order valence-electron chi connectivity index (χ0n) is 12.0. The molecule has 1 unspecified atom stereocenters. The number of amides is 1. The molecule has 1 saturated heterocycles. The summed E-state index contributed by atoms with van der Waals surface area (Å²) >= 11 is 0. The van der Waals surface area contributed by atoms with Gasteiger partial charge in [0.15, 0.2) is 0 Å². The molecule has 20 heavy (non-hydrogen) atoms. The normalized spacial score (nSPS) is 19.8. The van der Waals surface area contributed by atoms with Crippen molar-refractivity contribution in [1.82, 2.24) is 4.90 Å². The SMILES string of the molecule is COC1CCCN(CC(=O)Nc2cccc(CN)c2)C1. The van der Waals surface area contributed by atoms with E-state index in [0.717, 1.165) is 37.2 Å². The van der Waals surface area contributed by atoms with E-state index < -0.39 is 0 Å². The number of carbonyl (C=O) groups is 1. The number of nitrogens with one attached hydrogen (secondary N) is 1. The first-order chi connectivity index (χ1) is 9.71. The molecule has 1 atom stereocenters. The van der Waals surface area contributed by atoms with Crippen LogP contribution in [0.3, 0.4) is 0 Å². The molecule has 2 rings (SSSR count). The molecule has 1 amide bonds. The van der Waals surface area contributed by atoms with Gasteiger partial charge in [-0.2, -0.15) is 0 Å². The van der Waals surface area contributed by atoms with Crippen LogP contribution < -0.4 is 11.1 Å². The highest BCUT2D eigenvalue weighted by atomic mass is 16.5. The molecule has 1 aliphatic heterocycles. The van der Waals surface area contributed by atoms with Crippen LogP contribution in [0.15, 0.2) is 24.3 Å². The topological polar surface area (TPSA) is 67.6 Å². The highest BCUT2D eigenvalue weighted by Gasteiger charge is 2.21. The molecule has 0 aromatic heterocycles. The molecule has 1 fully saturated rings. The molecule has 110 valence electrons. The first-order valence-corrected chi connectivity index (χ1v) is 7.05. The number of hydrogen-bond donors (Lipinski definition) is 2. The van der Waals surface area contributed by atoms with Gasteiger partial charge in [0.1, 0.15) is 0 Å². The molecule has 1 heterocycles. The zero-order valence-corrected chi connectivity index (χ0v) is 12.0. The maximum absolute atomic E-state index is 12.1. The summed E-state index contributed by atoms with van der Waals surface area (Å²) < 4.78 is 5.36. The number of nitrogens with two attached hydrogens (primary N) is 1. The maximum atomic E-state index is 12.1. The Morgan fingerprint density at radius 3 is 3.15 bits per heavy atom. The van der Waals surface area contributed by atoms with E-state index in [0.29, 0.717) is 13.1 Å². The molecule has 1 aliphatic rings. The third-order valence-electron chi connectivity index (χ3n) is 3.61. The average Bonchev–Trinajstić information content (AvgIpc) is 2.47. The van der Waals surface area contributed by atoms with Crippen LogP contribution in [0.1, 0.15) is 18.4 Å². The van der Waals surface area contributed by atoms with Gasteiger partial charge < -0.3 is 15.8 Å². The van der Waals surface area contributed by atoms with Crippen LogP contribution in [0.4, 0.5) is 5.69 Å². The molecule has 5 nitrogen and oxygen atoms in total. The summed E-state index contributed by atoms with van der Waals surface area (Å²) in [6.07, 6.45) is 2.40. The zero-order chi connectivity index (χ0) is 14.4. The third-order valence-corrected chi connectivity index (χ3v) is 3.61. The number of nitrogens with zero attached hydrogens (tertiary/aromatic N) is 1. The lowest BCUT2D eigenvalue weighted by atomic mass is 10.1. The van der Waals surface area contributed by atoms with Crippen molar-refractivity contribution >= 4 is 11.6 Å². The molecule has 1 aromatic rings. The van der Waals surface area contributed by atoms with Gasteiger partial charge in [-0.05, 0) is 37.1 Å². The van der Waals surface area contributed by atoms with Crippen molar-refractivity contribution in [2.45, 2.75) is 25.5 Å². The predicted octanol–water partition coefficient (Wildman–Crippen LogP) is 1.19. The fourth-order valence-electron chi connectivity index (χ4n) is 2.53. The van der Waals surface area contributed by atoms with Gasteiger partial charge in [-0.15, -0.1) is 0 Å². The number of methoxy groups -OCH3 is 1. The van der Waals surface area contributed by atoms with Crippen molar-refractivity contribution in [2.75, 3.05) is 32.1 Å². The van der Waals surface area contributed by atoms with Gasteiger partial charge in [0.2, 0.25) is 5.91 Å². The Labute approximate surface area is 120 Å². The van der Waals surface area contributed by atoms with Gasteiger partial charge in [-0.1, -0.05) is 12.1 Å². The highest BCUT2D eigenvalue weighted by Crippen LogP contribution is 2.13. The molecule has 0 bridgehead atoms. The van der Waals surface area contributed by atoms with E-state index in [4.69, 9.17) is 10.5 Å². The number of anilines is 1. The Hall–Kier alpha value is -1.43. The molecule has 1 aromatic carbocycles. The summed E-state index contributed by atoms with van der Waals surface area (Å²) in [7, 11) is 1.73. The molecule has 0 spiro atoms. The van der Waals surface area contributed by atoms with Crippen LogP contribution in [-0.2, 0) is 16.1 Å². The second-order valence-electron chi connectivity index (χ2n) is 5.19. The predicted molar refractivity (Wildman–Crippen MR) is 79.4 cm³/mol. The molecule has 0 saturated carbocycles. The van der Waals surface area contributed by atoms with E-state index in [1.165, 1.54) is 0 Å². The smallest absolute Gasteiger partial charge is 0.238 e. The van der Waals surface area contributed by atoms with Crippen LogP contribution >= 0.6 is 0 Å². The summed E-state index contributed by atoms with van der Waals surface area (Å²) in [4.78, 5) is 14.2. The van der Waals surface area contributed by atoms with E-state index in [1.54, 1.807) is 7.11 Å². The van der Waals surface area contributed by atoms with E-state index >= 15 is 0 Å². The minimum atomic E-state index is 0.0101. The second-order valence-corrected chi connectivity index (χ2v) is 5.19. The van der Waals surface area contributed by atoms with Crippen molar-refractivity contribution in [3.63, 3.8) is 0 Å². The molecular formula is C15H23N3O2. The molecule has 5 heteroatoms. The van der Waals surface area contributed by atoms with Crippen molar-refractivity contribution in [3.05, 3.63) is 29.8 Å². The minimum Gasteiger partial charge on any atom is -0.380 e. The molecular weight excluding hydrogens is 254 g/mol. The number of piperidine rings is 1. The monoisotopic (exact) mass is 277 g/mol. The van der Waals surface area contributed by atoms with Crippen molar-refractivity contribution in [3.8, 4) is 0 Å². The van der Waals surface area contributed by atoms with Gasteiger partial charge >= 0.3 is 0 Å². The Kier molecular flexibility index (Phi) is 5.52. The maximum Gasteiger partial charge on any atom is 0.238 e. The number of carbonyl (C=O) groups excluding carboxylic acids is 1. The Morgan fingerprint density at radius 2 is 2.40 bits per heavy atom. The number of hydrogen-bond acceptors (Lipinski definition) is 4. The van der Waals surface area contributed by atoms with Gasteiger partial charge in [0, 0.05) is 25.9 Å². The lowest BCUT2D eigenvalue weighted by Crippen LogP contribution is -2.43. The highest BCUT2D eigenvalue weighted by molar-refractivity contribution is 5.92. The fraction of sp³-hybridized carbons (Fsp3) is 0.533. The average molecular weight is 277 g/mol. The van der Waals surface area contributed by atoms with Crippen molar-refractivity contribution in [1.29, 1.82) is 0 Å². The van der Waals surface area contributed by atoms with E-state index in [-0.39, 0.29) is 12.0 Å². The minimum absolute atomic E-state index is 0.0101. The van der Waals surface area contributed by atoms with Crippen LogP contribution in [-0.4, -0.2) is 43.7 Å². The Bertz CT molecular complexity index is 450. The van der Waals surface area contributed by atoms with Crippen LogP contribution in [0.2, 0.25) is 0 Å². The van der Waals surface area contributed by atoms with Crippen LogP contribution in [0, 0.1) is 0 Å². The van der Waals surface area contributed by atoms with Gasteiger partial charge in [0.05, 0.1) is 12.6 Å². The molecule has 0 aliphatic carbocycles. The van der Waals surface area contributed by atoms with Crippen LogP contribution in [0.5, 0.6) is 0 Å². The number of rotatable bonds is 5. The lowest BCUT2D eigenvalue weighted by Gasteiger charge is -2.31. The number of likely N-dealkylation sites (tertiary alicyclic amines) is 1. The molecule has 3 N–H and O–H groups in total. The summed E-state index contributed by atoms with van der Waals surface area (Å²) in [5.74, 6) is 0.0101. The standard InChI is InChI=1S/C15H23N3O2/c1-20-14-6-3-7-18(10-14)11-15(19)17-13-5-2-4-12(8-13)9-16/h2,4-5,8,14H,3,6-7,9-11,16H2,1H3,(H,17,19). The quantitative estimate of drug-likeness (QED) is 0.848. The first kappa shape index (κ1) is 15.0. The number of benzene rings is 1. The lowest BCUT2D eigenvalue weighted by molar-refractivity contribution is -0.118. The van der Waals surface area contributed by atoms with E-state index in [2.05, 4.69) is 10.2 Å². The first-order valence-electron chi connectivity index (χ1n) is 7.05. The summed E-state index contributed by atoms with van der Waals surface area (Å²) in [5.41, 5.74) is 7.41. The fourth-order valence-corrected chi connectivity index (χ4v) is 2.53. The summed E-state index contributed by atoms with van der Waals surface area (Å²) in [5, 5.41) is 2.92. The number of ether oxygens (including phenoxy) is 1. The molecule has 0 radical (unpaired) electrons. The Balaban J connectivity index is 1.85. The summed E-state index contributed by atoms with van der Waals surface area (Å²) in [6, 6.07) is 7.64. The largest absolute Gasteiger partial charge is 0.380 e. The van der Waals surface area contributed by atoms with Gasteiger partial charge in [0.25, 0.3) is 0 Å². The van der Waals surface area contributed by atoms with E-state index in [9.17, 15) is 4.79 Å². The van der Waals surface area contributed by atoms with Crippen molar-refractivity contribution < 1.29 is 9.53 Å². The van der Waals surface area contributed by atoms with Crippen molar-refractivity contribution in [2.24, 2.45) is 5.73 Å². The van der Waals surface area contributed by atoms with Crippen LogP contribution in [0.25, 0.3) is 0 Å². The third kappa shape index (κ3) is 4.30. The van der Waals surface area contributed by atoms with E-state index in [1.807, 2.05) is 24.3 Å². The summed E-state index contributed by atoms with van der Waals surface area (Å²) in [6.45, 7) is 2.67. The Morgan fingerprint density at radius 1 is 1.55 bits per heavy atom. The van der Waals surface area contributed by atoms with Gasteiger partial charge in [-0.3, -0.25) is 9.69 Å². The second kappa shape index (κ2) is 7.38.